The number of hydrogen-bond acceptors (Lipinski definition) is 2. The minimum Gasteiger partial charge on any atom is -0.507 e. The van der Waals surface area contributed by atoms with Crippen LogP contribution in [0, 0.1) is 12.7 Å². The van der Waals surface area contributed by atoms with Crippen molar-refractivity contribution in [1.29, 1.82) is 0 Å². The van der Waals surface area contributed by atoms with Gasteiger partial charge in [-0.05, 0) is 42.7 Å². The summed E-state index contributed by atoms with van der Waals surface area (Å²) in [5, 5.41) is 12.5. The standard InChI is InChI=1S/C17H18FNO2/c1-3-8-19-17(21)14-10-12(5-7-16(14)20)13-6-4-11(2)9-15(13)18/h4-7,9-10,20H,3,8H2,1-2H3,(H,19,21). The fraction of sp³-hybridized carbons (Fsp3) is 0.235. The van der Waals surface area contributed by atoms with Crippen LogP contribution in [-0.4, -0.2) is 17.6 Å². The van der Waals surface area contributed by atoms with Gasteiger partial charge >= 0.3 is 0 Å². The summed E-state index contributed by atoms with van der Waals surface area (Å²) in [7, 11) is 0. The van der Waals surface area contributed by atoms with E-state index >= 15 is 0 Å². The van der Waals surface area contributed by atoms with Crippen LogP contribution in [0.1, 0.15) is 29.3 Å². The summed E-state index contributed by atoms with van der Waals surface area (Å²) in [6.07, 6.45) is 0.804. The minimum atomic E-state index is -0.358. The van der Waals surface area contributed by atoms with Crippen LogP contribution in [0.15, 0.2) is 36.4 Å². The van der Waals surface area contributed by atoms with E-state index in [1.165, 1.54) is 18.2 Å². The van der Waals surface area contributed by atoms with Crippen LogP contribution in [-0.2, 0) is 0 Å². The highest BCUT2D eigenvalue weighted by Crippen LogP contribution is 2.28. The van der Waals surface area contributed by atoms with Gasteiger partial charge < -0.3 is 10.4 Å². The molecule has 110 valence electrons. The van der Waals surface area contributed by atoms with E-state index in [1.807, 2.05) is 19.9 Å². The predicted molar refractivity (Wildman–Crippen MR) is 80.9 cm³/mol. The number of benzene rings is 2. The first-order valence-electron chi connectivity index (χ1n) is 6.90. The van der Waals surface area contributed by atoms with Gasteiger partial charge in [0.2, 0.25) is 0 Å². The van der Waals surface area contributed by atoms with Crippen LogP contribution in [0.4, 0.5) is 4.39 Å². The summed E-state index contributed by atoms with van der Waals surface area (Å²) >= 11 is 0. The zero-order valence-corrected chi connectivity index (χ0v) is 12.1. The smallest absolute Gasteiger partial charge is 0.255 e. The van der Waals surface area contributed by atoms with Gasteiger partial charge in [0.15, 0.2) is 0 Å². The second-order valence-electron chi connectivity index (χ2n) is 4.97. The first kappa shape index (κ1) is 15.0. The van der Waals surface area contributed by atoms with Crippen molar-refractivity contribution in [3.63, 3.8) is 0 Å². The van der Waals surface area contributed by atoms with E-state index in [1.54, 1.807) is 12.1 Å². The molecule has 0 spiro atoms. The molecule has 0 atom stereocenters. The van der Waals surface area contributed by atoms with Gasteiger partial charge in [0.25, 0.3) is 5.91 Å². The molecule has 0 bridgehead atoms. The molecule has 0 aliphatic rings. The number of hydrogen-bond donors (Lipinski definition) is 2. The van der Waals surface area contributed by atoms with Gasteiger partial charge in [-0.2, -0.15) is 0 Å². The van der Waals surface area contributed by atoms with E-state index in [-0.39, 0.29) is 23.0 Å². The highest BCUT2D eigenvalue weighted by molar-refractivity contribution is 5.98. The summed E-state index contributed by atoms with van der Waals surface area (Å²) in [5.74, 6) is -0.816. The average molecular weight is 287 g/mol. The molecule has 0 aliphatic heterocycles. The summed E-state index contributed by atoms with van der Waals surface area (Å²) < 4.78 is 14.0. The summed E-state index contributed by atoms with van der Waals surface area (Å²) in [4.78, 5) is 12.0. The molecular weight excluding hydrogens is 269 g/mol. The molecule has 4 heteroatoms. The van der Waals surface area contributed by atoms with Crippen molar-refractivity contribution in [3.05, 3.63) is 53.3 Å². The molecule has 0 radical (unpaired) electrons. The molecule has 1 amide bonds. The van der Waals surface area contributed by atoms with Crippen molar-refractivity contribution >= 4 is 5.91 Å². The Labute approximate surface area is 123 Å². The molecule has 0 unspecified atom stereocenters. The summed E-state index contributed by atoms with van der Waals surface area (Å²) in [6, 6.07) is 9.44. The highest BCUT2D eigenvalue weighted by atomic mass is 19.1. The Morgan fingerprint density at radius 1 is 1.24 bits per heavy atom. The van der Waals surface area contributed by atoms with E-state index in [0.717, 1.165) is 12.0 Å². The van der Waals surface area contributed by atoms with Crippen molar-refractivity contribution in [2.24, 2.45) is 0 Å². The average Bonchev–Trinajstić information content (AvgIpc) is 2.45. The molecule has 0 heterocycles. The molecule has 0 aromatic heterocycles. The topological polar surface area (TPSA) is 49.3 Å². The Hall–Kier alpha value is -2.36. The predicted octanol–water partition coefficient (Wildman–Crippen LogP) is 3.65. The number of aryl methyl sites for hydroxylation is 1. The summed E-state index contributed by atoms with van der Waals surface area (Å²) in [5.41, 5.74) is 1.95. The lowest BCUT2D eigenvalue weighted by molar-refractivity contribution is 0.0951. The number of rotatable bonds is 4. The number of halogens is 1. The molecule has 2 rings (SSSR count). The van der Waals surface area contributed by atoms with Crippen LogP contribution in [0.3, 0.4) is 0 Å². The molecule has 21 heavy (non-hydrogen) atoms. The maximum atomic E-state index is 14.0. The first-order chi connectivity index (χ1) is 10.0. The highest BCUT2D eigenvalue weighted by Gasteiger charge is 2.13. The lowest BCUT2D eigenvalue weighted by Crippen LogP contribution is -2.24. The van der Waals surface area contributed by atoms with Gasteiger partial charge in [0.1, 0.15) is 11.6 Å². The molecule has 0 aliphatic carbocycles. The Bertz CT molecular complexity index is 668. The number of amides is 1. The molecular formula is C17H18FNO2. The molecule has 2 N–H and O–H groups in total. The quantitative estimate of drug-likeness (QED) is 0.902. The first-order valence-corrected chi connectivity index (χ1v) is 6.90. The second kappa shape index (κ2) is 6.39. The SMILES string of the molecule is CCCNC(=O)c1cc(-c2ccc(C)cc2F)ccc1O. The van der Waals surface area contributed by atoms with Crippen LogP contribution in [0.5, 0.6) is 5.75 Å². The van der Waals surface area contributed by atoms with E-state index in [4.69, 9.17) is 0 Å². The van der Waals surface area contributed by atoms with E-state index in [0.29, 0.717) is 17.7 Å². The van der Waals surface area contributed by atoms with E-state index < -0.39 is 0 Å². The second-order valence-corrected chi connectivity index (χ2v) is 4.97. The third-order valence-electron chi connectivity index (χ3n) is 3.21. The molecule has 0 saturated heterocycles. The van der Waals surface area contributed by atoms with Crippen molar-refractivity contribution in [2.75, 3.05) is 6.54 Å². The van der Waals surface area contributed by atoms with Crippen molar-refractivity contribution in [2.45, 2.75) is 20.3 Å². The number of aromatic hydroxyl groups is 1. The van der Waals surface area contributed by atoms with Gasteiger partial charge in [0.05, 0.1) is 5.56 Å². The fourth-order valence-corrected chi connectivity index (χ4v) is 2.07. The van der Waals surface area contributed by atoms with Gasteiger partial charge in [-0.1, -0.05) is 25.1 Å². The minimum absolute atomic E-state index is 0.111. The number of carbonyl (C=O) groups excluding carboxylic acids is 1. The Morgan fingerprint density at radius 2 is 2.00 bits per heavy atom. The molecule has 0 fully saturated rings. The Kier molecular flexibility index (Phi) is 4.58. The van der Waals surface area contributed by atoms with Gasteiger partial charge in [-0.15, -0.1) is 0 Å². The van der Waals surface area contributed by atoms with Crippen LogP contribution in [0.25, 0.3) is 11.1 Å². The number of nitrogens with one attached hydrogen (secondary N) is 1. The number of phenols is 1. The maximum absolute atomic E-state index is 14.0. The normalized spacial score (nSPS) is 10.4. The molecule has 2 aromatic carbocycles. The number of carbonyl (C=O) groups is 1. The zero-order chi connectivity index (χ0) is 15.4. The lowest BCUT2D eigenvalue weighted by Gasteiger charge is -2.09. The lowest BCUT2D eigenvalue weighted by atomic mass is 10.0. The molecule has 3 nitrogen and oxygen atoms in total. The largest absolute Gasteiger partial charge is 0.507 e. The van der Waals surface area contributed by atoms with Crippen molar-refractivity contribution in [1.82, 2.24) is 5.32 Å². The van der Waals surface area contributed by atoms with E-state index in [9.17, 15) is 14.3 Å². The molecule has 2 aromatic rings. The molecule has 0 saturated carbocycles. The third kappa shape index (κ3) is 3.40. The van der Waals surface area contributed by atoms with Crippen LogP contribution < -0.4 is 5.32 Å². The zero-order valence-electron chi connectivity index (χ0n) is 12.1. The monoisotopic (exact) mass is 287 g/mol. The van der Waals surface area contributed by atoms with Crippen LogP contribution >= 0.6 is 0 Å². The van der Waals surface area contributed by atoms with Gasteiger partial charge in [-0.25, -0.2) is 4.39 Å². The number of phenolic OH excluding ortho intramolecular Hbond substituents is 1. The fourth-order valence-electron chi connectivity index (χ4n) is 2.07. The third-order valence-corrected chi connectivity index (χ3v) is 3.21. The Balaban J connectivity index is 2.40. The Morgan fingerprint density at radius 3 is 2.67 bits per heavy atom. The summed E-state index contributed by atoms with van der Waals surface area (Å²) in [6.45, 7) is 4.28. The van der Waals surface area contributed by atoms with Crippen LogP contribution in [0.2, 0.25) is 0 Å². The van der Waals surface area contributed by atoms with E-state index in [2.05, 4.69) is 5.32 Å². The van der Waals surface area contributed by atoms with Crippen molar-refractivity contribution < 1.29 is 14.3 Å². The van der Waals surface area contributed by atoms with Crippen molar-refractivity contribution in [3.8, 4) is 16.9 Å². The maximum Gasteiger partial charge on any atom is 0.255 e. The van der Waals surface area contributed by atoms with Gasteiger partial charge in [-0.3, -0.25) is 4.79 Å². The van der Waals surface area contributed by atoms with Gasteiger partial charge in [0, 0.05) is 12.1 Å².